The van der Waals surface area contributed by atoms with Crippen LogP contribution in [0.2, 0.25) is 0 Å². The Morgan fingerprint density at radius 1 is 0.933 bits per heavy atom. The van der Waals surface area contributed by atoms with Gasteiger partial charge in [-0.2, -0.15) is 0 Å². The van der Waals surface area contributed by atoms with E-state index in [0.29, 0.717) is 5.56 Å². The van der Waals surface area contributed by atoms with Gasteiger partial charge in [0.2, 0.25) is 5.91 Å². The fourth-order valence-electron chi connectivity index (χ4n) is 3.21. The van der Waals surface area contributed by atoms with E-state index in [4.69, 9.17) is 0 Å². The van der Waals surface area contributed by atoms with E-state index in [1.807, 2.05) is 31.2 Å². The van der Waals surface area contributed by atoms with Gasteiger partial charge in [0.15, 0.2) is 15.6 Å². The maximum Gasteiger partial charge on any atom is 0.220 e. The van der Waals surface area contributed by atoms with Gasteiger partial charge in [0.05, 0.1) is 10.9 Å². The van der Waals surface area contributed by atoms with Crippen molar-refractivity contribution in [3.05, 3.63) is 65.2 Å². The zero-order valence-electron chi connectivity index (χ0n) is 18.0. The first kappa shape index (κ1) is 23.8. The highest BCUT2D eigenvalue weighted by molar-refractivity contribution is 7.90. The molecule has 2 aromatic rings. The summed E-state index contributed by atoms with van der Waals surface area (Å²) in [6.45, 7) is 4.00. The molecule has 2 rings (SSSR count). The average Bonchev–Trinajstić information content (AvgIpc) is 2.72. The predicted octanol–water partition coefficient (Wildman–Crippen LogP) is 4.66. The van der Waals surface area contributed by atoms with Gasteiger partial charge in [0, 0.05) is 24.7 Å². The molecule has 0 fully saturated rings. The Balaban J connectivity index is 1.82. The number of benzene rings is 2. The second kappa shape index (κ2) is 11.1. The Labute approximate surface area is 179 Å². The molecule has 0 aliphatic heterocycles. The van der Waals surface area contributed by atoms with E-state index in [0.717, 1.165) is 24.7 Å². The van der Waals surface area contributed by atoms with Crippen molar-refractivity contribution in [1.82, 2.24) is 5.32 Å². The summed E-state index contributed by atoms with van der Waals surface area (Å²) in [4.78, 5) is 24.8. The van der Waals surface area contributed by atoms with Crippen LogP contribution in [0.3, 0.4) is 0 Å². The molecule has 30 heavy (non-hydrogen) atoms. The topological polar surface area (TPSA) is 80.3 Å². The molecule has 0 spiro atoms. The van der Waals surface area contributed by atoms with Gasteiger partial charge in [-0.05, 0) is 43.0 Å². The van der Waals surface area contributed by atoms with Gasteiger partial charge in [0.1, 0.15) is 0 Å². The Kier molecular flexibility index (Phi) is 8.78. The van der Waals surface area contributed by atoms with Crippen molar-refractivity contribution in [2.75, 3.05) is 6.26 Å². The highest BCUT2D eigenvalue weighted by atomic mass is 32.2. The lowest BCUT2D eigenvalue weighted by Gasteiger charge is -2.14. The highest BCUT2D eigenvalue weighted by Crippen LogP contribution is 2.17. The summed E-state index contributed by atoms with van der Waals surface area (Å²) >= 11 is 0. The molecule has 0 bridgehead atoms. The maximum absolute atomic E-state index is 12.4. The molecule has 6 heteroatoms. The molecule has 0 aromatic heterocycles. The number of Topliss-reactive ketones (excluding diaryl/α,β-unsaturated/α-hetero) is 1. The Bertz CT molecular complexity index is 948. The number of carbonyl (C=O) groups excluding carboxylic acids is 2. The third kappa shape index (κ3) is 7.41. The number of hydrogen-bond donors (Lipinski definition) is 1. The number of ketones is 1. The molecule has 0 heterocycles. The normalized spacial score (nSPS) is 12.4. The van der Waals surface area contributed by atoms with Gasteiger partial charge >= 0.3 is 0 Å². The van der Waals surface area contributed by atoms with Crippen molar-refractivity contribution < 1.29 is 18.0 Å². The molecule has 162 valence electrons. The molecule has 0 saturated carbocycles. The molecule has 0 aliphatic carbocycles. The number of rotatable bonds is 11. The van der Waals surface area contributed by atoms with Gasteiger partial charge in [-0.25, -0.2) is 8.42 Å². The summed E-state index contributed by atoms with van der Waals surface area (Å²) in [6.07, 6.45) is 5.99. The quantitative estimate of drug-likeness (QED) is 0.416. The molecule has 1 amide bonds. The second-order valence-corrected chi connectivity index (χ2v) is 9.72. The summed E-state index contributed by atoms with van der Waals surface area (Å²) in [7, 11) is -3.25. The lowest BCUT2D eigenvalue weighted by atomic mass is 10.0. The third-order valence-corrected chi connectivity index (χ3v) is 6.24. The fraction of sp³-hybridized carbons (Fsp3) is 0.417. The van der Waals surface area contributed by atoms with Crippen LogP contribution in [0.25, 0.3) is 0 Å². The molecule has 0 saturated heterocycles. The summed E-state index contributed by atoms with van der Waals surface area (Å²) in [6, 6.07) is 13.8. The predicted molar refractivity (Wildman–Crippen MR) is 119 cm³/mol. The molecule has 0 radical (unpaired) electrons. The maximum atomic E-state index is 12.4. The lowest BCUT2D eigenvalue weighted by molar-refractivity contribution is -0.121. The van der Waals surface area contributed by atoms with Crippen LogP contribution in [0.5, 0.6) is 0 Å². The molecule has 1 unspecified atom stereocenters. The summed E-state index contributed by atoms with van der Waals surface area (Å²) < 4.78 is 23.1. The number of nitrogens with one attached hydrogen (secondary N) is 1. The van der Waals surface area contributed by atoms with Crippen LogP contribution in [0.4, 0.5) is 0 Å². The van der Waals surface area contributed by atoms with Crippen molar-refractivity contribution in [1.29, 1.82) is 0 Å². The number of amides is 1. The highest BCUT2D eigenvalue weighted by Gasteiger charge is 2.14. The Hall–Kier alpha value is -2.47. The average molecular weight is 430 g/mol. The van der Waals surface area contributed by atoms with Crippen molar-refractivity contribution in [2.45, 2.75) is 63.3 Å². The third-order valence-electron chi connectivity index (χ3n) is 5.11. The summed E-state index contributed by atoms with van der Waals surface area (Å²) in [5.41, 5.74) is 2.67. The Morgan fingerprint density at radius 3 is 2.13 bits per heavy atom. The lowest BCUT2D eigenvalue weighted by Crippen LogP contribution is -2.27. The van der Waals surface area contributed by atoms with Crippen LogP contribution in [0.1, 0.15) is 73.5 Å². The number of aryl methyl sites for hydroxylation is 1. The minimum Gasteiger partial charge on any atom is -0.350 e. The monoisotopic (exact) mass is 429 g/mol. The second-order valence-electron chi connectivity index (χ2n) is 7.71. The van der Waals surface area contributed by atoms with E-state index in [1.54, 1.807) is 12.1 Å². The number of unbranched alkanes of at least 4 members (excludes halogenated alkanes) is 2. The standard InChI is InChI=1S/C24H31NO4S/c1-4-5-6-7-19-8-10-21(11-9-19)23(26)16-17-24(27)25-18(2)20-12-14-22(15-13-20)30(3,28)29/h8-15,18H,4-7,16-17H2,1-3H3,(H,25,27). The van der Waals surface area contributed by atoms with E-state index in [1.165, 1.54) is 30.5 Å². The van der Waals surface area contributed by atoms with E-state index >= 15 is 0 Å². The fourth-order valence-corrected chi connectivity index (χ4v) is 3.84. The zero-order chi connectivity index (χ0) is 22.1. The number of sulfone groups is 1. The van der Waals surface area contributed by atoms with Crippen LogP contribution >= 0.6 is 0 Å². The summed E-state index contributed by atoms with van der Waals surface area (Å²) in [5, 5.41) is 2.86. The largest absolute Gasteiger partial charge is 0.350 e. The van der Waals surface area contributed by atoms with Gasteiger partial charge in [0.25, 0.3) is 0 Å². The minimum absolute atomic E-state index is 0.0459. The van der Waals surface area contributed by atoms with Crippen molar-refractivity contribution in [3.63, 3.8) is 0 Å². The van der Waals surface area contributed by atoms with Gasteiger partial charge in [-0.15, -0.1) is 0 Å². The minimum atomic E-state index is -3.25. The van der Waals surface area contributed by atoms with E-state index in [9.17, 15) is 18.0 Å². The smallest absolute Gasteiger partial charge is 0.220 e. The molecule has 0 aliphatic rings. The number of carbonyl (C=O) groups is 2. The zero-order valence-corrected chi connectivity index (χ0v) is 18.8. The van der Waals surface area contributed by atoms with Crippen LogP contribution in [-0.2, 0) is 21.1 Å². The number of hydrogen-bond acceptors (Lipinski definition) is 4. The van der Waals surface area contributed by atoms with E-state index in [-0.39, 0.29) is 35.5 Å². The molecular weight excluding hydrogens is 398 g/mol. The Morgan fingerprint density at radius 2 is 1.57 bits per heavy atom. The first-order chi connectivity index (χ1) is 14.2. The molecule has 1 atom stereocenters. The first-order valence-electron chi connectivity index (χ1n) is 10.4. The van der Waals surface area contributed by atoms with Gasteiger partial charge in [-0.3, -0.25) is 9.59 Å². The van der Waals surface area contributed by atoms with E-state index in [2.05, 4.69) is 12.2 Å². The van der Waals surface area contributed by atoms with Crippen LogP contribution < -0.4 is 5.32 Å². The first-order valence-corrected chi connectivity index (χ1v) is 12.3. The molecule has 1 N–H and O–H groups in total. The van der Waals surface area contributed by atoms with Crippen LogP contribution in [0, 0.1) is 0 Å². The molecule has 2 aromatic carbocycles. The van der Waals surface area contributed by atoms with Crippen molar-refractivity contribution in [2.24, 2.45) is 0 Å². The van der Waals surface area contributed by atoms with E-state index < -0.39 is 9.84 Å². The molecule has 5 nitrogen and oxygen atoms in total. The SMILES string of the molecule is CCCCCc1ccc(C(=O)CCC(=O)NC(C)c2ccc(S(C)(=O)=O)cc2)cc1. The van der Waals surface area contributed by atoms with Gasteiger partial charge in [-0.1, -0.05) is 56.2 Å². The van der Waals surface area contributed by atoms with Crippen molar-refractivity contribution in [3.8, 4) is 0 Å². The van der Waals surface area contributed by atoms with Crippen molar-refractivity contribution >= 4 is 21.5 Å². The van der Waals surface area contributed by atoms with Crippen LogP contribution in [0.15, 0.2) is 53.4 Å². The van der Waals surface area contributed by atoms with Crippen LogP contribution in [-0.4, -0.2) is 26.4 Å². The summed E-state index contributed by atoms with van der Waals surface area (Å²) in [5.74, 6) is -0.255. The molecular formula is C24H31NO4S. The van der Waals surface area contributed by atoms with Gasteiger partial charge < -0.3 is 5.32 Å².